The molecule has 2 N–H and O–H groups in total. The van der Waals surface area contributed by atoms with Gasteiger partial charge in [0.2, 0.25) is 0 Å². The fourth-order valence-corrected chi connectivity index (χ4v) is 2.80. The van der Waals surface area contributed by atoms with E-state index in [2.05, 4.69) is 17.0 Å². The van der Waals surface area contributed by atoms with E-state index in [1.807, 2.05) is 23.9 Å². The van der Waals surface area contributed by atoms with Crippen LogP contribution in [0.4, 0.5) is 0 Å². The molecular formula is C12H17NO2S. The Morgan fingerprint density at radius 1 is 1.31 bits per heavy atom. The van der Waals surface area contributed by atoms with Gasteiger partial charge in [-0.1, -0.05) is 12.1 Å². The Morgan fingerprint density at radius 2 is 2.12 bits per heavy atom. The summed E-state index contributed by atoms with van der Waals surface area (Å²) in [5, 5.41) is 0. The van der Waals surface area contributed by atoms with E-state index in [0.717, 1.165) is 24.3 Å². The summed E-state index contributed by atoms with van der Waals surface area (Å²) in [7, 11) is 0. The lowest BCUT2D eigenvalue weighted by Crippen LogP contribution is -2.14. The first-order chi connectivity index (χ1) is 7.88. The van der Waals surface area contributed by atoms with Gasteiger partial charge in [0.05, 0.1) is 6.61 Å². The molecule has 88 valence electrons. The van der Waals surface area contributed by atoms with Crippen LogP contribution in [0.15, 0.2) is 24.3 Å². The average molecular weight is 239 g/mol. The summed E-state index contributed by atoms with van der Waals surface area (Å²) >= 11 is 1.96. The third kappa shape index (κ3) is 3.40. The molecule has 0 amide bonds. The molecule has 3 nitrogen and oxygen atoms in total. The van der Waals surface area contributed by atoms with Crippen LogP contribution in [-0.2, 0) is 11.3 Å². The SMILES string of the molecule is NOCCc1ccc(OC2CCSC2)cc1. The molecule has 1 aliphatic heterocycles. The number of rotatable bonds is 5. The number of benzene rings is 1. The lowest BCUT2D eigenvalue weighted by Gasteiger charge is -2.12. The van der Waals surface area contributed by atoms with Gasteiger partial charge >= 0.3 is 0 Å². The number of hydrogen-bond acceptors (Lipinski definition) is 4. The van der Waals surface area contributed by atoms with E-state index in [1.165, 1.54) is 11.3 Å². The van der Waals surface area contributed by atoms with E-state index in [9.17, 15) is 0 Å². The molecule has 1 aromatic carbocycles. The fourth-order valence-electron chi connectivity index (χ4n) is 1.71. The van der Waals surface area contributed by atoms with E-state index in [-0.39, 0.29) is 0 Å². The van der Waals surface area contributed by atoms with Gasteiger partial charge in [0, 0.05) is 5.75 Å². The van der Waals surface area contributed by atoms with Gasteiger partial charge in [0.1, 0.15) is 11.9 Å². The number of thioether (sulfide) groups is 1. The van der Waals surface area contributed by atoms with Crippen LogP contribution in [-0.4, -0.2) is 24.2 Å². The molecule has 1 atom stereocenters. The highest BCUT2D eigenvalue weighted by atomic mass is 32.2. The van der Waals surface area contributed by atoms with Crippen molar-refractivity contribution < 1.29 is 9.57 Å². The Kier molecular flexibility index (Phi) is 4.51. The van der Waals surface area contributed by atoms with Gasteiger partial charge in [-0.25, -0.2) is 5.90 Å². The van der Waals surface area contributed by atoms with Gasteiger partial charge < -0.3 is 9.57 Å². The third-order valence-electron chi connectivity index (χ3n) is 2.62. The van der Waals surface area contributed by atoms with Crippen molar-refractivity contribution in [2.45, 2.75) is 18.9 Å². The Bertz CT molecular complexity index is 309. The molecule has 1 heterocycles. The van der Waals surface area contributed by atoms with Crippen molar-refractivity contribution in [1.82, 2.24) is 0 Å². The average Bonchev–Trinajstić information content (AvgIpc) is 2.81. The second-order valence-corrected chi connectivity index (χ2v) is 5.02. The van der Waals surface area contributed by atoms with Gasteiger partial charge in [-0.15, -0.1) is 0 Å². The van der Waals surface area contributed by atoms with Crippen molar-refractivity contribution in [1.29, 1.82) is 0 Å². The Labute approximate surface area is 100 Å². The van der Waals surface area contributed by atoms with Crippen molar-refractivity contribution in [3.05, 3.63) is 29.8 Å². The normalized spacial score (nSPS) is 19.9. The Balaban J connectivity index is 1.86. The first kappa shape index (κ1) is 11.8. The van der Waals surface area contributed by atoms with Gasteiger partial charge in [-0.3, -0.25) is 0 Å². The molecule has 0 bridgehead atoms. The highest BCUT2D eigenvalue weighted by Gasteiger charge is 2.16. The zero-order chi connectivity index (χ0) is 11.2. The van der Waals surface area contributed by atoms with Crippen molar-refractivity contribution in [2.75, 3.05) is 18.1 Å². The molecule has 4 heteroatoms. The molecule has 1 saturated heterocycles. The summed E-state index contributed by atoms with van der Waals surface area (Å²) in [6.45, 7) is 0.555. The van der Waals surface area contributed by atoms with Crippen LogP contribution < -0.4 is 10.6 Å². The van der Waals surface area contributed by atoms with Crippen LogP contribution in [0.25, 0.3) is 0 Å². The predicted octanol–water partition coefficient (Wildman–Crippen LogP) is 2.00. The second-order valence-electron chi connectivity index (χ2n) is 3.87. The lowest BCUT2D eigenvalue weighted by atomic mass is 10.1. The first-order valence-electron chi connectivity index (χ1n) is 5.53. The minimum Gasteiger partial charge on any atom is -0.490 e. The summed E-state index contributed by atoms with van der Waals surface area (Å²) in [4.78, 5) is 4.55. The minimum absolute atomic E-state index is 0.392. The molecule has 0 aliphatic carbocycles. The molecule has 0 saturated carbocycles. The Hall–Kier alpha value is -0.710. The van der Waals surface area contributed by atoms with Crippen LogP contribution in [0.5, 0.6) is 5.75 Å². The van der Waals surface area contributed by atoms with Gasteiger partial charge in [0.25, 0.3) is 0 Å². The minimum atomic E-state index is 0.392. The van der Waals surface area contributed by atoms with E-state index < -0.39 is 0 Å². The molecule has 1 fully saturated rings. The van der Waals surface area contributed by atoms with E-state index in [4.69, 9.17) is 10.6 Å². The molecule has 1 aromatic rings. The van der Waals surface area contributed by atoms with E-state index >= 15 is 0 Å². The maximum absolute atomic E-state index is 5.86. The number of nitrogens with two attached hydrogens (primary N) is 1. The van der Waals surface area contributed by atoms with E-state index in [0.29, 0.717) is 12.7 Å². The topological polar surface area (TPSA) is 44.5 Å². The van der Waals surface area contributed by atoms with Crippen molar-refractivity contribution >= 4 is 11.8 Å². The third-order valence-corrected chi connectivity index (χ3v) is 3.75. The van der Waals surface area contributed by atoms with E-state index in [1.54, 1.807) is 0 Å². The van der Waals surface area contributed by atoms with Crippen LogP contribution in [0, 0.1) is 0 Å². The van der Waals surface area contributed by atoms with Crippen molar-refractivity contribution in [2.24, 2.45) is 5.90 Å². The molecule has 0 spiro atoms. The van der Waals surface area contributed by atoms with Crippen molar-refractivity contribution in [3.8, 4) is 5.75 Å². The zero-order valence-corrected chi connectivity index (χ0v) is 10.0. The molecule has 1 aliphatic rings. The summed E-state index contributed by atoms with van der Waals surface area (Å²) in [6, 6.07) is 8.18. The van der Waals surface area contributed by atoms with Gasteiger partial charge in [-0.2, -0.15) is 11.8 Å². The van der Waals surface area contributed by atoms with Crippen LogP contribution >= 0.6 is 11.8 Å². The van der Waals surface area contributed by atoms with Gasteiger partial charge in [-0.05, 0) is 36.3 Å². The summed E-state index contributed by atoms with van der Waals surface area (Å²) in [6.07, 6.45) is 2.40. The molecule has 2 rings (SSSR count). The fraction of sp³-hybridized carbons (Fsp3) is 0.500. The van der Waals surface area contributed by atoms with Crippen LogP contribution in [0.2, 0.25) is 0 Å². The predicted molar refractivity (Wildman–Crippen MR) is 66.6 cm³/mol. The number of hydrogen-bond donors (Lipinski definition) is 1. The molecule has 1 unspecified atom stereocenters. The first-order valence-corrected chi connectivity index (χ1v) is 6.69. The quantitative estimate of drug-likeness (QED) is 0.798. The molecule has 16 heavy (non-hydrogen) atoms. The maximum atomic E-state index is 5.86. The summed E-state index contributed by atoms with van der Waals surface area (Å²) in [5.41, 5.74) is 1.22. The van der Waals surface area contributed by atoms with Crippen molar-refractivity contribution in [3.63, 3.8) is 0 Å². The smallest absolute Gasteiger partial charge is 0.119 e. The largest absolute Gasteiger partial charge is 0.490 e. The molecule has 0 aromatic heterocycles. The highest BCUT2D eigenvalue weighted by molar-refractivity contribution is 7.99. The molecule has 0 radical (unpaired) electrons. The number of ether oxygens (including phenoxy) is 1. The zero-order valence-electron chi connectivity index (χ0n) is 9.22. The highest BCUT2D eigenvalue weighted by Crippen LogP contribution is 2.23. The monoisotopic (exact) mass is 239 g/mol. The second kappa shape index (κ2) is 6.13. The summed E-state index contributed by atoms with van der Waals surface area (Å²) < 4.78 is 5.86. The summed E-state index contributed by atoms with van der Waals surface area (Å²) in [5.74, 6) is 8.28. The lowest BCUT2D eigenvalue weighted by molar-refractivity contribution is 0.141. The maximum Gasteiger partial charge on any atom is 0.119 e. The standard InChI is InChI=1S/C12H17NO2S/c13-14-7-5-10-1-3-11(4-2-10)15-12-6-8-16-9-12/h1-4,12H,5-9,13H2. The molecular weight excluding hydrogens is 222 g/mol. The van der Waals surface area contributed by atoms with Gasteiger partial charge in [0.15, 0.2) is 0 Å². The van der Waals surface area contributed by atoms with Crippen LogP contribution in [0.1, 0.15) is 12.0 Å². The Morgan fingerprint density at radius 3 is 2.75 bits per heavy atom. The van der Waals surface area contributed by atoms with Crippen LogP contribution in [0.3, 0.4) is 0 Å².